The highest BCUT2D eigenvalue weighted by molar-refractivity contribution is 5.85. The summed E-state index contributed by atoms with van der Waals surface area (Å²) >= 11 is 0. The first-order valence-corrected chi connectivity index (χ1v) is 5.68. The van der Waals surface area contributed by atoms with Crippen molar-refractivity contribution in [1.82, 2.24) is 5.32 Å². The average molecular weight is 257 g/mol. The van der Waals surface area contributed by atoms with Gasteiger partial charge in [0.1, 0.15) is 0 Å². The van der Waals surface area contributed by atoms with Crippen LogP contribution in [0.15, 0.2) is 30.3 Å². The van der Waals surface area contributed by atoms with E-state index in [1.165, 1.54) is 0 Å². The van der Waals surface area contributed by atoms with E-state index in [-0.39, 0.29) is 24.2 Å². The molecule has 0 bridgehead atoms. The zero-order chi connectivity index (χ0) is 12.0. The Hall–Kier alpha value is -1.06. The van der Waals surface area contributed by atoms with Crippen molar-refractivity contribution in [1.29, 1.82) is 0 Å². The molecule has 0 saturated carbocycles. The van der Waals surface area contributed by atoms with E-state index in [0.29, 0.717) is 19.0 Å². The Balaban J connectivity index is 0.00000256. The molecule has 0 aliphatic rings. The monoisotopic (exact) mass is 256 g/mol. The fourth-order valence-corrected chi connectivity index (χ4v) is 1.51. The van der Waals surface area contributed by atoms with E-state index in [2.05, 4.69) is 19.2 Å². The molecule has 1 aromatic carbocycles. The zero-order valence-electron chi connectivity index (χ0n) is 10.3. The number of hydrogen-bond donors (Lipinski definition) is 2. The lowest BCUT2D eigenvalue weighted by Gasteiger charge is -2.16. The number of rotatable bonds is 5. The molecule has 96 valence electrons. The smallest absolute Gasteiger partial charge is 0.228 e. The zero-order valence-corrected chi connectivity index (χ0v) is 11.2. The molecule has 17 heavy (non-hydrogen) atoms. The molecule has 1 unspecified atom stereocenters. The van der Waals surface area contributed by atoms with Gasteiger partial charge in [0.05, 0.1) is 5.92 Å². The Morgan fingerprint density at radius 1 is 1.29 bits per heavy atom. The van der Waals surface area contributed by atoms with Crippen LogP contribution in [0.3, 0.4) is 0 Å². The molecular formula is C13H21ClN2O. The third-order valence-electron chi connectivity index (χ3n) is 2.44. The topological polar surface area (TPSA) is 55.1 Å². The molecule has 0 aliphatic carbocycles. The second-order valence-corrected chi connectivity index (χ2v) is 4.34. The largest absolute Gasteiger partial charge is 0.355 e. The minimum absolute atomic E-state index is 0. The first-order valence-electron chi connectivity index (χ1n) is 5.68. The molecule has 3 nitrogen and oxygen atoms in total. The number of nitrogens with two attached hydrogens (primary N) is 1. The van der Waals surface area contributed by atoms with E-state index in [1.807, 2.05) is 30.3 Å². The van der Waals surface area contributed by atoms with Crippen molar-refractivity contribution in [2.45, 2.75) is 19.8 Å². The molecule has 0 heterocycles. The molecule has 0 aliphatic heterocycles. The van der Waals surface area contributed by atoms with Gasteiger partial charge < -0.3 is 11.1 Å². The predicted molar refractivity (Wildman–Crippen MR) is 73.3 cm³/mol. The Kier molecular flexibility index (Phi) is 7.59. The average Bonchev–Trinajstić information content (AvgIpc) is 2.29. The number of carbonyl (C=O) groups excluding carboxylic acids is 1. The summed E-state index contributed by atoms with van der Waals surface area (Å²) in [6, 6.07) is 9.66. The summed E-state index contributed by atoms with van der Waals surface area (Å²) in [5, 5.41) is 2.91. The van der Waals surface area contributed by atoms with Gasteiger partial charge in [-0.1, -0.05) is 44.2 Å². The van der Waals surface area contributed by atoms with E-state index in [4.69, 9.17) is 5.73 Å². The van der Waals surface area contributed by atoms with Crippen molar-refractivity contribution < 1.29 is 4.79 Å². The number of nitrogens with one attached hydrogen (secondary N) is 1. The van der Waals surface area contributed by atoms with E-state index in [9.17, 15) is 4.79 Å². The van der Waals surface area contributed by atoms with Crippen LogP contribution in [0.25, 0.3) is 0 Å². The summed E-state index contributed by atoms with van der Waals surface area (Å²) < 4.78 is 0. The van der Waals surface area contributed by atoms with Crippen molar-refractivity contribution in [3.05, 3.63) is 35.9 Å². The van der Waals surface area contributed by atoms with Crippen molar-refractivity contribution >= 4 is 18.3 Å². The van der Waals surface area contributed by atoms with Crippen LogP contribution >= 0.6 is 12.4 Å². The third kappa shape index (κ3) is 5.20. The molecule has 0 saturated heterocycles. The van der Waals surface area contributed by atoms with Crippen LogP contribution in [0.1, 0.15) is 25.3 Å². The Morgan fingerprint density at radius 2 is 1.88 bits per heavy atom. The quantitative estimate of drug-likeness (QED) is 0.846. The van der Waals surface area contributed by atoms with E-state index < -0.39 is 0 Å². The van der Waals surface area contributed by atoms with Crippen LogP contribution in [-0.4, -0.2) is 19.0 Å². The standard InChI is InChI=1S/C13H20N2O.ClH/c1-10(2)9-15-13(16)12(8-14)11-6-4-3-5-7-11;/h3-7,10,12H,8-9,14H2,1-2H3,(H,15,16);1H. The Morgan fingerprint density at radius 3 is 2.35 bits per heavy atom. The molecule has 3 N–H and O–H groups in total. The minimum Gasteiger partial charge on any atom is -0.355 e. The first kappa shape index (κ1) is 15.9. The van der Waals surface area contributed by atoms with Crippen LogP contribution in [0, 0.1) is 5.92 Å². The van der Waals surface area contributed by atoms with Crippen LogP contribution < -0.4 is 11.1 Å². The van der Waals surface area contributed by atoms with Crippen LogP contribution in [0.5, 0.6) is 0 Å². The normalized spacial score (nSPS) is 11.8. The lowest BCUT2D eigenvalue weighted by molar-refractivity contribution is -0.122. The summed E-state index contributed by atoms with van der Waals surface area (Å²) in [5.74, 6) is 0.237. The summed E-state index contributed by atoms with van der Waals surface area (Å²) in [7, 11) is 0. The van der Waals surface area contributed by atoms with Gasteiger partial charge in [0.15, 0.2) is 0 Å². The van der Waals surface area contributed by atoms with Gasteiger partial charge in [0.2, 0.25) is 5.91 Å². The molecule has 0 spiro atoms. The van der Waals surface area contributed by atoms with Crippen molar-refractivity contribution in [2.24, 2.45) is 11.7 Å². The van der Waals surface area contributed by atoms with E-state index in [0.717, 1.165) is 5.56 Å². The van der Waals surface area contributed by atoms with Crippen LogP contribution in [0.4, 0.5) is 0 Å². The maximum atomic E-state index is 11.9. The fraction of sp³-hybridized carbons (Fsp3) is 0.462. The highest BCUT2D eigenvalue weighted by atomic mass is 35.5. The highest BCUT2D eigenvalue weighted by Gasteiger charge is 2.18. The molecular weight excluding hydrogens is 236 g/mol. The first-order chi connectivity index (χ1) is 7.65. The van der Waals surface area contributed by atoms with E-state index in [1.54, 1.807) is 0 Å². The molecule has 0 aromatic heterocycles. The Bertz CT molecular complexity index is 327. The maximum Gasteiger partial charge on any atom is 0.228 e. The minimum atomic E-state index is -0.236. The molecule has 1 rings (SSSR count). The van der Waals surface area contributed by atoms with Crippen molar-refractivity contribution in [3.8, 4) is 0 Å². The number of amides is 1. The number of carbonyl (C=O) groups is 1. The van der Waals surface area contributed by atoms with Gasteiger partial charge in [-0.15, -0.1) is 12.4 Å². The number of halogens is 1. The van der Waals surface area contributed by atoms with Crippen molar-refractivity contribution in [2.75, 3.05) is 13.1 Å². The molecule has 4 heteroatoms. The van der Waals surface area contributed by atoms with Gasteiger partial charge in [-0.25, -0.2) is 0 Å². The molecule has 0 radical (unpaired) electrons. The van der Waals surface area contributed by atoms with Gasteiger partial charge in [0.25, 0.3) is 0 Å². The molecule has 1 amide bonds. The third-order valence-corrected chi connectivity index (χ3v) is 2.44. The lowest BCUT2D eigenvalue weighted by Crippen LogP contribution is -2.35. The predicted octanol–water partition coefficient (Wildman–Crippen LogP) is 1.92. The van der Waals surface area contributed by atoms with E-state index >= 15 is 0 Å². The summed E-state index contributed by atoms with van der Waals surface area (Å²) in [6.45, 7) is 5.18. The van der Waals surface area contributed by atoms with Gasteiger partial charge in [0, 0.05) is 13.1 Å². The lowest BCUT2D eigenvalue weighted by atomic mass is 9.98. The SMILES string of the molecule is CC(C)CNC(=O)C(CN)c1ccccc1.Cl. The Labute approximate surface area is 109 Å². The summed E-state index contributed by atoms with van der Waals surface area (Å²) in [4.78, 5) is 11.9. The van der Waals surface area contributed by atoms with Gasteiger partial charge >= 0.3 is 0 Å². The van der Waals surface area contributed by atoms with Gasteiger partial charge in [-0.2, -0.15) is 0 Å². The number of benzene rings is 1. The van der Waals surface area contributed by atoms with Gasteiger partial charge in [-0.05, 0) is 11.5 Å². The van der Waals surface area contributed by atoms with Gasteiger partial charge in [-0.3, -0.25) is 4.79 Å². The second kappa shape index (κ2) is 8.09. The molecule has 1 aromatic rings. The van der Waals surface area contributed by atoms with Crippen LogP contribution in [0.2, 0.25) is 0 Å². The maximum absolute atomic E-state index is 11.9. The highest BCUT2D eigenvalue weighted by Crippen LogP contribution is 2.14. The second-order valence-electron chi connectivity index (χ2n) is 4.34. The summed E-state index contributed by atoms with van der Waals surface area (Å²) in [6.07, 6.45) is 0. The molecule has 0 fully saturated rings. The number of hydrogen-bond acceptors (Lipinski definition) is 2. The van der Waals surface area contributed by atoms with Crippen LogP contribution in [-0.2, 0) is 4.79 Å². The van der Waals surface area contributed by atoms with Crippen molar-refractivity contribution in [3.63, 3.8) is 0 Å². The fourth-order valence-electron chi connectivity index (χ4n) is 1.51. The summed E-state index contributed by atoms with van der Waals surface area (Å²) in [5.41, 5.74) is 6.63. The molecule has 1 atom stereocenters.